The number of aromatic nitrogens is 1. The molecule has 1 aliphatic rings. The molecule has 3 rings (SSSR count). The summed E-state index contributed by atoms with van der Waals surface area (Å²) in [6, 6.07) is 7.60. The molecule has 0 spiro atoms. The van der Waals surface area contributed by atoms with Crippen LogP contribution in [0.2, 0.25) is 0 Å². The highest BCUT2D eigenvalue weighted by molar-refractivity contribution is 8.00. The second kappa shape index (κ2) is 7.49. The smallest absolute Gasteiger partial charge is 0.230 e. The molecule has 2 aromatic heterocycles. The highest BCUT2D eigenvalue weighted by Crippen LogP contribution is 2.29. The highest BCUT2D eigenvalue weighted by Gasteiger charge is 2.16. The van der Waals surface area contributed by atoms with E-state index in [9.17, 15) is 4.79 Å². The van der Waals surface area contributed by atoms with Crippen LogP contribution in [0.25, 0.3) is 11.5 Å². The van der Waals surface area contributed by atoms with Crippen LogP contribution in [0.4, 0.5) is 0 Å². The van der Waals surface area contributed by atoms with Gasteiger partial charge in [0.2, 0.25) is 5.91 Å². The Morgan fingerprint density at radius 1 is 1.32 bits per heavy atom. The van der Waals surface area contributed by atoms with Gasteiger partial charge in [0, 0.05) is 18.0 Å². The fraction of sp³-hybridized carbons (Fsp3) is 0.412. The molecule has 1 amide bonds. The van der Waals surface area contributed by atoms with Crippen LogP contribution in [0.5, 0.6) is 0 Å². The Morgan fingerprint density at radius 3 is 2.86 bits per heavy atom. The van der Waals surface area contributed by atoms with Crippen molar-refractivity contribution in [3.63, 3.8) is 0 Å². The first-order chi connectivity index (χ1) is 10.8. The fourth-order valence-electron chi connectivity index (χ4n) is 2.60. The quantitative estimate of drug-likeness (QED) is 0.884. The van der Waals surface area contributed by atoms with E-state index in [2.05, 4.69) is 10.3 Å². The summed E-state index contributed by atoms with van der Waals surface area (Å²) < 4.78 is 5.30. The number of rotatable bonds is 6. The first-order valence-electron chi connectivity index (χ1n) is 7.68. The second-order valence-electron chi connectivity index (χ2n) is 5.52. The summed E-state index contributed by atoms with van der Waals surface area (Å²) in [5.74, 6) is 1.42. The molecular weight excluding hydrogens is 296 g/mol. The number of pyridine rings is 1. The Balaban J connectivity index is 1.43. The van der Waals surface area contributed by atoms with Gasteiger partial charge < -0.3 is 9.73 Å². The third kappa shape index (κ3) is 4.13. The van der Waals surface area contributed by atoms with Crippen molar-refractivity contribution in [3.8, 4) is 11.5 Å². The van der Waals surface area contributed by atoms with Gasteiger partial charge in [-0.3, -0.25) is 9.78 Å². The molecule has 22 heavy (non-hydrogen) atoms. The minimum absolute atomic E-state index is 0.104. The van der Waals surface area contributed by atoms with E-state index in [1.54, 1.807) is 24.2 Å². The van der Waals surface area contributed by atoms with Crippen LogP contribution < -0.4 is 5.32 Å². The van der Waals surface area contributed by atoms with Crippen molar-refractivity contribution in [2.24, 2.45) is 0 Å². The molecule has 2 heterocycles. The lowest BCUT2D eigenvalue weighted by atomic mass is 10.2. The van der Waals surface area contributed by atoms with Crippen LogP contribution >= 0.6 is 11.8 Å². The third-order valence-corrected chi connectivity index (χ3v) is 5.21. The number of nitrogens with one attached hydrogen (secondary N) is 1. The third-order valence-electron chi connectivity index (χ3n) is 3.84. The summed E-state index contributed by atoms with van der Waals surface area (Å²) in [4.78, 5) is 16.2. The average molecular weight is 316 g/mol. The van der Waals surface area contributed by atoms with Gasteiger partial charge in [-0.05, 0) is 36.6 Å². The second-order valence-corrected chi connectivity index (χ2v) is 6.81. The zero-order valence-electron chi connectivity index (χ0n) is 12.5. The normalized spacial score (nSPS) is 15.1. The van der Waals surface area contributed by atoms with Crippen LogP contribution in [0.15, 0.2) is 41.1 Å². The lowest BCUT2D eigenvalue weighted by Crippen LogP contribution is -2.25. The monoisotopic (exact) mass is 316 g/mol. The molecule has 5 heteroatoms. The molecule has 0 aromatic carbocycles. The topological polar surface area (TPSA) is 55.1 Å². The summed E-state index contributed by atoms with van der Waals surface area (Å²) in [6.07, 6.45) is 8.56. The number of amides is 1. The SMILES string of the molecule is O=C(CSC1CCCC1)NCc1ccc(-c2ccco2)nc1. The fourth-order valence-corrected chi connectivity index (χ4v) is 3.76. The minimum atomic E-state index is 0.104. The maximum Gasteiger partial charge on any atom is 0.230 e. The standard InChI is InChI=1S/C17H20N2O2S/c20-17(12-22-14-4-1-2-5-14)19-11-13-7-8-15(18-10-13)16-6-3-9-21-16/h3,6-10,14H,1-2,4-5,11-12H2,(H,19,20). The maximum atomic E-state index is 11.9. The molecule has 0 saturated heterocycles. The molecule has 0 unspecified atom stereocenters. The van der Waals surface area contributed by atoms with E-state index in [-0.39, 0.29) is 5.91 Å². The maximum absolute atomic E-state index is 11.9. The number of carbonyl (C=O) groups excluding carboxylic acids is 1. The van der Waals surface area contributed by atoms with Crippen LogP contribution in [-0.4, -0.2) is 21.9 Å². The lowest BCUT2D eigenvalue weighted by Gasteiger charge is -2.09. The van der Waals surface area contributed by atoms with E-state index in [1.807, 2.05) is 24.3 Å². The van der Waals surface area contributed by atoms with Crippen LogP contribution in [0.3, 0.4) is 0 Å². The zero-order chi connectivity index (χ0) is 15.2. The molecule has 116 valence electrons. The highest BCUT2D eigenvalue weighted by atomic mass is 32.2. The molecule has 0 bridgehead atoms. The number of hydrogen-bond acceptors (Lipinski definition) is 4. The van der Waals surface area contributed by atoms with Gasteiger partial charge in [-0.2, -0.15) is 0 Å². The number of nitrogens with zero attached hydrogens (tertiary/aromatic N) is 1. The molecule has 0 radical (unpaired) electrons. The predicted octanol–water partition coefficient (Wildman–Crippen LogP) is 3.63. The summed E-state index contributed by atoms with van der Waals surface area (Å²) in [6.45, 7) is 0.523. The predicted molar refractivity (Wildman–Crippen MR) is 88.5 cm³/mol. The van der Waals surface area contributed by atoms with E-state index in [1.165, 1.54) is 25.7 Å². The Morgan fingerprint density at radius 2 is 2.18 bits per heavy atom. The molecule has 1 aliphatic carbocycles. The molecule has 1 N–H and O–H groups in total. The molecule has 1 fully saturated rings. The Hall–Kier alpha value is -1.75. The van der Waals surface area contributed by atoms with Gasteiger partial charge >= 0.3 is 0 Å². The van der Waals surface area contributed by atoms with Crippen molar-refractivity contribution >= 4 is 17.7 Å². The van der Waals surface area contributed by atoms with E-state index >= 15 is 0 Å². The Bertz CT molecular complexity index is 590. The Labute approximate surface area is 134 Å². The molecular formula is C17H20N2O2S. The van der Waals surface area contributed by atoms with Gasteiger partial charge in [0.25, 0.3) is 0 Å². The van der Waals surface area contributed by atoms with Crippen molar-refractivity contribution in [3.05, 3.63) is 42.3 Å². The largest absolute Gasteiger partial charge is 0.463 e. The van der Waals surface area contributed by atoms with E-state index in [0.717, 1.165) is 17.0 Å². The summed E-state index contributed by atoms with van der Waals surface area (Å²) >= 11 is 1.79. The molecule has 0 aliphatic heterocycles. The van der Waals surface area contributed by atoms with Gasteiger partial charge in [-0.25, -0.2) is 0 Å². The van der Waals surface area contributed by atoms with Gasteiger partial charge in [0.1, 0.15) is 5.69 Å². The number of hydrogen-bond donors (Lipinski definition) is 1. The van der Waals surface area contributed by atoms with Gasteiger partial charge in [-0.15, -0.1) is 11.8 Å². The number of thioether (sulfide) groups is 1. The van der Waals surface area contributed by atoms with Crippen LogP contribution in [0, 0.1) is 0 Å². The van der Waals surface area contributed by atoms with E-state index in [4.69, 9.17) is 4.42 Å². The molecule has 4 nitrogen and oxygen atoms in total. The molecule has 0 atom stereocenters. The van der Waals surface area contributed by atoms with Crippen molar-refractivity contribution < 1.29 is 9.21 Å². The van der Waals surface area contributed by atoms with E-state index < -0.39 is 0 Å². The zero-order valence-corrected chi connectivity index (χ0v) is 13.3. The Kier molecular flexibility index (Phi) is 5.16. The first-order valence-corrected chi connectivity index (χ1v) is 8.73. The van der Waals surface area contributed by atoms with Gasteiger partial charge in [-0.1, -0.05) is 18.9 Å². The van der Waals surface area contributed by atoms with Gasteiger partial charge in [0.15, 0.2) is 5.76 Å². The van der Waals surface area contributed by atoms with Crippen molar-refractivity contribution in [2.75, 3.05) is 5.75 Å². The van der Waals surface area contributed by atoms with Crippen molar-refractivity contribution in [2.45, 2.75) is 37.5 Å². The number of furan rings is 1. The molecule has 2 aromatic rings. The average Bonchev–Trinajstić information content (AvgIpc) is 3.24. The summed E-state index contributed by atoms with van der Waals surface area (Å²) in [7, 11) is 0. The number of carbonyl (C=O) groups is 1. The van der Waals surface area contributed by atoms with Crippen LogP contribution in [0.1, 0.15) is 31.2 Å². The van der Waals surface area contributed by atoms with E-state index in [0.29, 0.717) is 17.5 Å². The summed E-state index contributed by atoms with van der Waals surface area (Å²) in [5, 5.41) is 3.63. The van der Waals surface area contributed by atoms with Crippen molar-refractivity contribution in [1.29, 1.82) is 0 Å². The van der Waals surface area contributed by atoms with Gasteiger partial charge in [0.05, 0.1) is 12.0 Å². The lowest BCUT2D eigenvalue weighted by molar-refractivity contribution is -0.118. The first kappa shape index (κ1) is 15.2. The molecule has 1 saturated carbocycles. The summed E-state index contributed by atoms with van der Waals surface area (Å²) in [5.41, 5.74) is 1.80. The van der Waals surface area contributed by atoms with Crippen molar-refractivity contribution in [1.82, 2.24) is 10.3 Å². The van der Waals surface area contributed by atoms with Crippen LogP contribution in [-0.2, 0) is 11.3 Å². The minimum Gasteiger partial charge on any atom is -0.463 e.